The number of sulfonamides is 1. The van der Waals surface area contributed by atoms with Crippen molar-refractivity contribution in [2.24, 2.45) is 0 Å². The van der Waals surface area contributed by atoms with E-state index in [0.29, 0.717) is 5.69 Å². The van der Waals surface area contributed by atoms with Crippen LogP contribution in [0.2, 0.25) is 0 Å². The molecule has 0 saturated carbocycles. The molecular formula is C20H23F2N3O3S. The third-order valence-corrected chi connectivity index (χ3v) is 6.09. The van der Waals surface area contributed by atoms with Gasteiger partial charge in [0.15, 0.2) is 11.6 Å². The second-order valence-electron chi connectivity index (χ2n) is 7.06. The highest BCUT2D eigenvalue weighted by Gasteiger charge is 2.30. The molecule has 1 aliphatic rings. The second kappa shape index (κ2) is 8.36. The molecule has 0 aliphatic carbocycles. The molecule has 0 bridgehead atoms. The van der Waals surface area contributed by atoms with Gasteiger partial charge in [-0.25, -0.2) is 17.2 Å². The molecule has 0 unspecified atom stereocenters. The molecule has 1 amide bonds. The smallest absolute Gasteiger partial charge is 0.247 e. The van der Waals surface area contributed by atoms with Gasteiger partial charge in [-0.1, -0.05) is 0 Å². The minimum atomic E-state index is -3.93. The van der Waals surface area contributed by atoms with E-state index in [2.05, 4.69) is 10.2 Å². The minimum absolute atomic E-state index is 0.126. The van der Waals surface area contributed by atoms with Gasteiger partial charge in [-0.05, 0) is 56.2 Å². The van der Waals surface area contributed by atoms with E-state index in [1.54, 1.807) is 12.1 Å². The van der Waals surface area contributed by atoms with Crippen molar-refractivity contribution in [2.75, 3.05) is 33.9 Å². The number of benzene rings is 2. The van der Waals surface area contributed by atoms with Crippen LogP contribution >= 0.6 is 0 Å². The number of hydrogen-bond donors (Lipinski definition) is 1. The van der Waals surface area contributed by atoms with Crippen molar-refractivity contribution in [3.05, 3.63) is 54.1 Å². The van der Waals surface area contributed by atoms with Crippen molar-refractivity contribution in [1.82, 2.24) is 0 Å². The van der Waals surface area contributed by atoms with Crippen LogP contribution in [0, 0.1) is 11.6 Å². The number of hydrogen-bond acceptors (Lipinski definition) is 4. The molecule has 0 radical (unpaired) electrons. The fraction of sp³-hybridized carbons (Fsp3) is 0.350. The highest BCUT2D eigenvalue weighted by atomic mass is 32.2. The number of nitrogens with zero attached hydrogens (tertiary/aromatic N) is 2. The molecule has 2 aromatic carbocycles. The standard InChI is InChI=1S/C20H23F2N3O3S/c1-14(25(29(2,27)28)17-9-10-18(21)19(22)13-17)20(26)23-15-5-7-16(8-6-15)24-11-3-4-12-24/h5-10,13-14H,3-4,11-12H2,1-2H3,(H,23,26)/t14-/m1/s1. The number of rotatable bonds is 6. The molecule has 1 fully saturated rings. The van der Waals surface area contributed by atoms with E-state index in [9.17, 15) is 22.0 Å². The van der Waals surface area contributed by atoms with Crippen LogP contribution < -0.4 is 14.5 Å². The van der Waals surface area contributed by atoms with Crippen LogP contribution in [-0.4, -0.2) is 39.7 Å². The van der Waals surface area contributed by atoms with Crippen molar-refractivity contribution in [2.45, 2.75) is 25.8 Å². The van der Waals surface area contributed by atoms with E-state index in [-0.39, 0.29) is 5.69 Å². The second-order valence-corrected chi connectivity index (χ2v) is 8.92. The quantitative estimate of drug-likeness (QED) is 0.774. The molecular weight excluding hydrogens is 400 g/mol. The van der Waals surface area contributed by atoms with Crippen LogP contribution in [0.1, 0.15) is 19.8 Å². The monoisotopic (exact) mass is 423 g/mol. The lowest BCUT2D eigenvalue weighted by atomic mass is 10.2. The van der Waals surface area contributed by atoms with Crippen LogP contribution in [0.5, 0.6) is 0 Å². The number of carbonyl (C=O) groups is 1. The summed E-state index contributed by atoms with van der Waals surface area (Å²) in [6, 6.07) is 8.82. The average molecular weight is 423 g/mol. The summed E-state index contributed by atoms with van der Waals surface area (Å²) in [5.74, 6) is -2.88. The Morgan fingerprint density at radius 3 is 2.24 bits per heavy atom. The zero-order valence-corrected chi connectivity index (χ0v) is 17.0. The first-order chi connectivity index (χ1) is 13.7. The first-order valence-electron chi connectivity index (χ1n) is 9.27. The molecule has 29 heavy (non-hydrogen) atoms. The Hall–Kier alpha value is -2.68. The predicted octanol–water partition coefficient (Wildman–Crippen LogP) is 3.36. The molecule has 1 aliphatic heterocycles. The first kappa shape index (κ1) is 21.0. The molecule has 1 atom stereocenters. The lowest BCUT2D eigenvalue weighted by Gasteiger charge is -2.28. The summed E-state index contributed by atoms with van der Waals surface area (Å²) in [6.07, 6.45) is 3.21. The number of nitrogens with one attached hydrogen (secondary N) is 1. The predicted molar refractivity (Wildman–Crippen MR) is 110 cm³/mol. The molecule has 3 rings (SSSR count). The van der Waals surface area contributed by atoms with Gasteiger partial charge in [0.25, 0.3) is 0 Å². The number of anilines is 3. The summed E-state index contributed by atoms with van der Waals surface area (Å²) >= 11 is 0. The molecule has 0 aromatic heterocycles. The van der Waals surface area contributed by atoms with Crippen molar-refractivity contribution in [3.8, 4) is 0 Å². The average Bonchev–Trinajstić information content (AvgIpc) is 3.19. The summed E-state index contributed by atoms with van der Waals surface area (Å²) in [5, 5.41) is 2.68. The Labute approximate surface area is 169 Å². The van der Waals surface area contributed by atoms with E-state index in [1.807, 2.05) is 12.1 Å². The lowest BCUT2D eigenvalue weighted by Crippen LogP contribution is -2.45. The fourth-order valence-electron chi connectivity index (χ4n) is 3.41. The Kier molecular flexibility index (Phi) is 6.07. The van der Waals surface area contributed by atoms with Crippen LogP contribution in [-0.2, 0) is 14.8 Å². The van der Waals surface area contributed by atoms with Gasteiger partial charge in [-0.15, -0.1) is 0 Å². The maximum atomic E-state index is 13.6. The zero-order chi connectivity index (χ0) is 21.2. The van der Waals surface area contributed by atoms with Gasteiger partial charge in [-0.2, -0.15) is 0 Å². The molecule has 6 nitrogen and oxygen atoms in total. The highest BCUT2D eigenvalue weighted by molar-refractivity contribution is 7.92. The summed E-state index contributed by atoms with van der Waals surface area (Å²) in [5.41, 5.74) is 1.45. The van der Waals surface area contributed by atoms with Crippen LogP contribution in [0.4, 0.5) is 25.8 Å². The molecule has 9 heteroatoms. The van der Waals surface area contributed by atoms with Crippen molar-refractivity contribution < 1.29 is 22.0 Å². The summed E-state index contributed by atoms with van der Waals surface area (Å²) in [4.78, 5) is 14.9. The van der Waals surface area contributed by atoms with Gasteiger partial charge >= 0.3 is 0 Å². The zero-order valence-electron chi connectivity index (χ0n) is 16.2. The Morgan fingerprint density at radius 1 is 1.07 bits per heavy atom. The Bertz CT molecular complexity index is 991. The van der Waals surface area contributed by atoms with Crippen molar-refractivity contribution in [3.63, 3.8) is 0 Å². The summed E-state index contributed by atoms with van der Waals surface area (Å²) in [6.45, 7) is 3.39. The van der Waals surface area contributed by atoms with Crippen LogP contribution in [0.3, 0.4) is 0 Å². The molecule has 0 spiro atoms. The van der Waals surface area contributed by atoms with E-state index in [0.717, 1.165) is 60.4 Å². The molecule has 1 heterocycles. The molecule has 1 saturated heterocycles. The van der Waals surface area contributed by atoms with E-state index < -0.39 is 33.6 Å². The van der Waals surface area contributed by atoms with E-state index >= 15 is 0 Å². The lowest BCUT2D eigenvalue weighted by molar-refractivity contribution is -0.116. The number of carbonyl (C=O) groups excluding carboxylic acids is 1. The molecule has 1 N–H and O–H groups in total. The normalized spacial score (nSPS) is 15.2. The summed E-state index contributed by atoms with van der Waals surface area (Å²) < 4.78 is 52.1. The van der Waals surface area contributed by atoms with Gasteiger partial charge in [0.2, 0.25) is 15.9 Å². The van der Waals surface area contributed by atoms with Crippen LogP contribution in [0.15, 0.2) is 42.5 Å². The molecule has 156 valence electrons. The number of halogens is 2. The van der Waals surface area contributed by atoms with E-state index in [1.165, 1.54) is 6.92 Å². The topological polar surface area (TPSA) is 69.7 Å². The first-order valence-corrected chi connectivity index (χ1v) is 11.1. The van der Waals surface area contributed by atoms with Gasteiger partial charge in [0.1, 0.15) is 6.04 Å². The third-order valence-electron chi connectivity index (χ3n) is 4.85. The Morgan fingerprint density at radius 2 is 1.69 bits per heavy atom. The van der Waals surface area contributed by atoms with Gasteiger partial charge in [0, 0.05) is 30.5 Å². The fourth-order valence-corrected chi connectivity index (χ4v) is 4.58. The van der Waals surface area contributed by atoms with Gasteiger partial charge in [-0.3, -0.25) is 9.10 Å². The maximum absolute atomic E-state index is 13.6. The largest absolute Gasteiger partial charge is 0.372 e. The van der Waals surface area contributed by atoms with E-state index in [4.69, 9.17) is 0 Å². The number of amides is 1. The highest BCUT2D eigenvalue weighted by Crippen LogP contribution is 2.25. The molecule has 2 aromatic rings. The van der Waals surface area contributed by atoms with Crippen LogP contribution in [0.25, 0.3) is 0 Å². The Balaban J connectivity index is 1.77. The van der Waals surface area contributed by atoms with Crippen molar-refractivity contribution in [1.29, 1.82) is 0 Å². The summed E-state index contributed by atoms with van der Waals surface area (Å²) in [7, 11) is -3.93. The van der Waals surface area contributed by atoms with Gasteiger partial charge < -0.3 is 10.2 Å². The van der Waals surface area contributed by atoms with Crippen molar-refractivity contribution >= 4 is 33.0 Å². The minimum Gasteiger partial charge on any atom is -0.372 e. The third kappa shape index (κ3) is 4.84. The van der Waals surface area contributed by atoms with Gasteiger partial charge in [0.05, 0.1) is 11.9 Å². The SMILES string of the molecule is C[C@H](C(=O)Nc1ccc(N2CCCC2)cc1)N(c1ccc(F)c(F)c1)S(C)(=O)=O. The maximum Gasteiger partial charge on any atom is 0.247 e.